The Morgan fingerprint density at radius 3 is 2.62 bits per heavy atom. The number of benzene rings is 1. The van der Waals surface area contributed by atoms with Crippen molar-refractivity contribution in [2.24, 2.45) is 0 Å². The van der Waals surface area contributed by atoms with E-state index in [1.165, 1.54) is 12.2 Å². The molecule has 24 heavy (non-hydrogen) atoms. The Labute approximate surface area is 166 Å². The Morgan fingerprint density at radius 1 is 1.29 bits per heavy atom. The van der Waals surface area contributed by atoms with Crippen molar-refractivity contribution in [3.05, 3.63) is 51.5 Å². The Kier molecular flexibility index (Phi) is 6.36. The zero-order valence-corrected chi connectivity index (χ0v) is 17.2. The van der Waals surface area contributed by atoms with Gasteiger partial charge in [0, 0.05) is 45.0 Å². The van der Waals surface area contributed by atoms with E-state index >= 15 is 0 Å². The van der Waals surface area contributed by atoms with Crippen molar-refractivity contribution in [1.82, 2.24) is 9.55 Å². The van der Waals surface area contributed by atoms with E-state index in [0.717, 1.165) is 24.9 Å². The minimum absolute atomic E-state index is 0.0893. The Balaban J connectivity index is 1.83. The van der Waals surface area contributed by atoms with Gasteiger partial charge in [-0.15, -0.1) is 23.5 Å². The summed E-state index contributed by atoms with van der Waals surface area (Å²) in [4.78, 5) is 4.14. The minimum atomic E-state index is 0.0893. The van der Waals surface area contributed by atoms with Gasteiger partial charge in [0.05, 0.1) is 10.4 Å². The topological polar surface area (TPSA) is 17.8 Å². The lowest BCUT2D eigenvalue weighted by Gasteiger charge is -2.29. The second-order valence-electron chi connectivity index (χ2n) is 5.95. The molecule has 0 aliphatic carbocycles. The first-order chi connectivity index (χ1) is 11.5. The smallest absolute Gasteiger partial charge is 0.0945 e. The van der Waals surface area contributed by atoms with E-state index in [1.807, 2.05) is 30.5 Å². The summed E-state index contributed by atoms with van der Waals surface area (Å²) in [5.41, 5.74) is 1.00. The second kappa shape index (κ2) is 8.13. The van der Waals surface area contributed by atoms with Gasteiger partial charge in [-0.3, -0.25) is 0 Å². The fraction of sp³-hybridized carbons (Fsp3) is 0.471. The number of hydrogen-bond donors (Lipinski definition) is 0. The van der Waals surface area contributed by atoms with Crippen LogP contribution < -0.4 is 0 Å². The first-order valence-corrected chi connectivity index (χ1v) is 10.9. The average molecular weight is 422 g/mol. The highest BCUT2D eigenvalue weighted by molar-refractivity contribution is 8.21. The molecule has 1 aliphatic heterocycles. The number of halogens is 3. The monoisotopic (exact) mass is 420 g/mol. The quantitative estimate of drug-likeness (QED) is 0.535. The van der Waals surface area contributed by atoms with E-state index in [9.17, 15) is 0 Å². The summed E-state index contributed by atoms with van der Waals surface area (Å²) in [6.07, 6.45) is 8.79. The summed E-state index contributed by atoms with van der Waals surface area (Å²) in [6.45, 7) is 3.20. The van der Waals surface area contributed by atoms with E-state index in [4.69, 9.17) is 34.8 Å². The summed E-state index contributed by atoms with van der Waals surface area (Å²) in [7, 11) is 0. The highest BCUT2D eigenvalue weighted by Gasteiger charge is 2.40. The molecule has 7 heteroatoms. The van der Waals surface area contributed by atoms with Gasteiger partial charge in [0.15, 0.2) is 0 Å². The first kappa shape index (κ1) is 18.8. The fourth-order valence-corrected chi connectivity index (χ4v) is 7.59. The zero-order valence-electron chi connectivity index (χ0n) is 13.3. The molecule has 3 rings (SSSR count). The van der Waals surface area contributed by atoms with Crippen LogP contribution in [0.1, 0.15) is 25.3 Å². The summed E-state index contributed by atoms with van der Waals surface area (Å²) in [5.74, 6) is 1.17. The Bertz CT molecular complexity index is 670. The largest absolute Gasteiger partial charge is 0.337 e. The van der Waals surface area contributed by atoms with Crippen molar-refractivity contribution in [3.63, 3.8) is 0 Å². The van der Waals surface area contributed by atoms with Gasteiger partial charge in [-0.1, -0.05) is 41.7 Å². The van der Waals surface area contributed by atoms with Crippen LogP contribution in [0.25, 0.3) is 0 Å². The third-order valence-electron chi connectivity index (χ3n) is 4.23. The number of rotatable bonds is 6. The summed E-state index contributed by atoms with van der Waals surface area (Å²) in [5, 5.41) is 2.59. The van der Waals surface area contributed by atoms with Crippen LogP contribution in [0.2, 0.25) is 15.1 Å². The van der Waals surface area contributed by atoms with E-state index < -0.39 is 0 Å². The van der Waals surface area contributed by atoms with E-state index in [1.54, 1.807) is 12.1 Å². The molecule has 0 radical (unpaired) electrons. The SMILES string of the molecule is CCC1CSC(CCn2ccnc2)(Cc2c(Cl)cc(Cl)cc2Cl)S1. The van der Waals surface area contributed by atoms with Gasteiger partial charge in [-0.05, 0) is 37.0 Å². The fourth-order valence-electron chi connectivity index (χ4n) is 2.86. The molecule has 0 spiro atoms. The molecular formula is C17H19Cl3N2S2. The molecule has 1 aliphatic rings. The van der Waals surface area contributed by atoms with Crippen LogP contribution in [0.4, 0.5) is 0 Å². The first-order valence-electron chi connectivity index (χ1n) is 7.92. The third-order valence-corrected chi connectivity index (χ3v) is 9.03. The molecule has 1 saturated heterocycles. The number of imidazole rings is 1. The molecule has 0 saturated carbocycles. The molecule has 2 atom stereocenters. The minimum Gasteiger partial charge on any atom is -0.337 e. The van der Waals surface area contributed by atoms with Crippen LogP contribution in [-0.2, 0) is 13.0 Å². The van der Waals surface area contributed by atoms with E-state index in [-0.39, 0.29) is 4.08 Å². The van der Waals surface area contributed by atoms with E-state index in [0.29, 0.717) is 20.3 Å². The van der Waals surface area contributed by atoms with Gasteiger partial charge >= 0.3 is 0 Å². The molecule has 1 aromatic carbocycles. The molecule has 2 unspecified atom stereocenters. The molecular weight excluding hydrogens is 403 g/mol. The lowest BCUT2D eigenvalue weighted by Crippen LogP contribution is -2.24. The van der Waals surface area contributed by atoms with Gasteiger partial charge in [-0.25, -0.2) is 4.98 Å². The Morgan fingerprint density at radius 2 is 2.04 bits per heavy atom. The normalized spacial score (nSPS) is 23.8. The van der Waals surface area contributed by atoms with Gasteiger partial charge < -0.3 is 4.57 Å². The molecule has 1 aromatic heterocycles. The van der Waals surface area contributed by atoms with Gasteiger partial charge in [0.2, 0.25) is 0 Å². The van der Waals surface area contributed by atoms with Crippen LogP contribution in [-0.4, -0.2) is 24.6 Å². The van der Waals surface area contributed by atoms with Crippen LogP contribution in [0.15, 0.2) is 30.9 Å². The number of hydrogen-bond acceptors (Lipinski definition) is 3. The molecule has 2 heterocycles. The van der Waals surface area contributed by atoms with Crippen molar-refractivity contribution >= 4 is 58.3 Å². The Hall–Kier alpha value is -0.0000000000000000555. The highest BCUT2D eigenvalue weighted by Crippen LogP contribution is 2.54. The molecule has 2 nitrogen and oxygen atoms in total. The van der Waals surface area contributed by atoms with Gasteiger partial charge in [0.25, 0.3) is 0 Å². The number of aromatic nitrogens is 2. The number of aryl methyl sites for hydroxylation is 1. The summed E-state index contributed by atoms with van der Waals surface area (Å²) in [6, 6.07) is 3.57. The predicted octanol–water partition coefficient (Wildman–Crippen LogP) is 6.43. The molecule has 0 amide bonds. The predicted molar refractivity (Wildman–Crippen MR) is 109 cm³/mol. The highest BCUT2D eigenvalue weighted by atomic mass is 35.5. The third kappa shape index (κ3) is 4.39. The van der Waals surface area contributed by atoms with Crippen molar-refractivity contribution in [1.29, 1.82) is 0 Å². The maximum absolute atomic E-state index is 6.44. The molecule has 2 aromatic rings. The second-order valence-corrected chi connectivity index (χ2v) is 10.5. The molecule has 1 fully saturated rings. The van der Waals surface area contributed by atoms with Crippen molar-refractivity contribution in [2.75, 3.05) is 5.75 Å². The van der Waals surface area contributed by atoms with Crippen LogP contribution in [0.5, 0.6) is 0 Å². The molecule has 130 valence electrons. The summed E-state index contributed by atoms with van der Waals surface area (Å²) < 4.78 is 2.22. The maximum atomic E-state index is 6.44. The van der Waals surface area contributed by atoms with E-state index in [2.05, 4.69) is 28.2 Å². The van der Waals surface area contributed by atoms with Crippen molar-refractivity contribution in [2.45, 2.75) is 42.1 Å². The summed E-state index contributed by atoms with van der Waals surface area (Å²) >= 11 is 23.1. The van der Waals surface area contributed by atoms with Gasteiger partial charge in [-0.2, -0.15) is 0 Å². The number of thioether (sulfide) groups is 2. The van der Waals surface area contributed by atoms with Crippen LogP contribution >= 0.6 is 58.3 Å². The zero-order chi connectivity index (χ0) is 17.2. The standard InChI is InChI=1S/C17H19Cl3N2S2/c1-2-13-10-23-17(24-13,3-5-22-6-4-21-11-22)9-14-15(19)7-12(18)8-16(14)20/h4,6-8,11,13H,2-3,5,9-10H2,1H3. The lowest BCUT2D eigenvalue weighted by molar-refractivity contribution is 0.597. The van der Waals surface area contributed by atoms with Gasteiger partial charge in [0.1, 0.15) is 0 Å². The van der Waals surface area contributed by atoms with Crippen molar-refractivity contribution < 1.29 is 0 Å². The maximum Gasteiger partial charge on any atom is 0.0945 e. The lowest BCUT2D eigenvalue weighted by atomic mass is 10.1. The number of nitrogens with zero attached hydrogens (tertiary/aromatic N) is 2. The van der Waals surface area contributed by atoms with Crippen molar-refractivity contribution in [3.8, 4) is 0 Å². The van der Waals surface area contributed by atoms with Crippen LogP contribution in [0.3, 0.4) is 0 Å². The molecule has 0 bridgehead atoms. The van der Waals surface area contributed by atoms with Crippen LogP contribution in [0, 0.1) is 0 Å². The molecule has 0 N–H and O–H groups in total. The average Bonchev–Trinajstić information content (AvgIpc) is 3.19.